The van der Waals surface area contributed by atoms with E-state index in [1.165, 1.54) is 5.01 Å². The Balaban J connectivity index is 1.64. The highest BCUT2D eigenvalue weighted by Gasteiger charge is 2.34. The second kappa shape index (κ2) is 8.82. The molecule has 0 fully saturated rings. The number of hydrazone groups is 1. The third-order valence-electron chi connectivity index (χ3n) is 4.93. The highest BCUT2D eigenvalue weighted by Crippen LogP contribution is 2.36. The van der Waals surface area contributed by atoms with Crippen LogP contribution in [0.1, 0.15) is 40.2 Å². The quantitative estimate of drug-likeness (QED) is 0.537. The van der Waals surface area contributed by atoms with Crippen LogP contribution in [-0.2, 0) is 10.0 Å². The molecule has 1 N–H and O–H groups in total. The Morgan fingerprint density at radius 3 is 2.61 bits per heavy atom. The van der Waals surface area contributed by atoms with Crippen LogP contribution >= 0.6 is 22.9 Å². The van der Waals surface area contributed by atoms with Gasteiger partial charge < -0.3 is 0 Å². The fourth-order valence-corrected chi connectivity index (χ4v) is 4.95. The molecule has 31 heavy (non-hydrogen) atoms. The number of anilines is 1. The lowest BCUT2D eigenvalue weighted by Gasteiger charge is -2.20. The van der Waals surface area contributed by atoms with Crippen molar-refractivity contribution in [2.24, 2.45) is 5.10 Å². The molecule has 2 heterocycles. The van der Waals surface area contributed by atoms with Crippen LogP contribution in [0.3, 0.4) is 0 Å². The second-order valence-corrected chi connectivity index (χ2v) is 10.5. The number of thiophene rings is 1. The highest BCUT2D eigenvalue weighted by molar-refractivity contribution is 7.92. The van der Waals surface area contributed by atoms with Gasteiger partial charge in [0.15, 0.2) is 0 Å². The Labute approximate surface area is 190 Å². The van der Waals surface area contributed by atoms with Gasteiger partial charge in [0, 0.05) is 27.6 Å². The fraction of sp³-hybridized carbons (Fsp3) is 0.182. The van der Waals surface area contributed by atoms with Crippen LogP contribution in [0.4, 0.5) is 5.69 Å². The monoisotopic (exact) mass is 473 g/mol. The second-order valence-electron chi connectivity index (χ2n) is 7.02. The lowest BCUT2D eigenvalue weighted by atomic mass is 10.0. The number of amides is 1. The van der Waals surface area contributed by atoms with E-state index in [4.69, 9.17) is 11.6 Å². The molecule has 0 spiro atoms. The molecule has 1 aliphatic rings. The van der Waals surface area contributed by atoms with E-state index in [9.17, 15) is 13.2 Å². The zero-order valence-corrected chi connectivity index (χ0v) is 19.0. The summed E-state index contributed by atoms with van der Waals surface area (Å²) in [5.41, 5.74) is 2.57. The van der Waals surface area contributed by atoms with Gasteiger partial charge in [0.05, 0.1) is 17.5 Å². The number of hydrogen-bond donors (Lipinski definition) is 1. The van der Waals surface area contributed by atoms with Crippen molar-refractivity contribution in [2.75, 3.05) is 10.5 Å². The molecule has 0 unspecified atom stereocenters. The van der Waals surface area contributed by atoms with Gasteiger partial charge in [-0.15, -0.1) is 11.3 Å². The molecule has 0 radical (unpaired) electrons. The Bertz CT molecular complexity index is 1220. The first-order chi connectivity index (χ1) is 14.9. The number of halogens is 1. The minimum absolute atomic E-state index is 0.00449. The van der Waals surface area contributed by atoms with Gasteiger partial charge >= 0.3 is 0 Å². The molecule has 160 valence electrons. The maximum atomic E-state index is 13.2. The fourth-order valence-electron chi connectivity index (χ4n) is 3.31. The molecule has 1 amide bonds. The molecule has 3 aromatic rings. The average molecular weight is 474 g/mol. The summed E-state index contributed by atoms with van der Waals surface area (Å²) in [6.45, 7) is 1.58. The number of hydrogen-bond acceptors (Lipinski definition) is 5. The van der Waals surface area contributed by atoms with Crippen LogP contribution in [0.25, 0.3) is 0 Å². The van der Waals surface area contributed by atoms with Gasteiger partial charge in [0.25, 0.3) is 5.91 Å². The molecule has 4 rings (SSSR count). The standard InChI is InChI=1S/C22H20ClN3O3S2/c1-2-31(28,29)25-18-10-8-15(9-11-18)19-14-20(21-7-4-12-30-21)26(24-19)22(27)16-5-3-6-17(23)13-16/h3-13,20,25H,2,14H2,1H3/t20-/m1/s1. The predicted molar refractivity (Wildman–Crippen MR) is 125 cm³/mol. The lowest BCUT2D eigenvalue weighted by Crippen LogP contribution is -2.26. The van der Waals surface area contributed by atoms with Crippen molar-refractivity contribution in [3.63, 3.8) is 0 Å². The molecule has 6 nitrogen and oxygen atoms in total. The van der Waals surface area contributed by atoms with E-state index in [0.717, 1.165) is 16.2 Å². The Morgan fingerprint density at radius 1 is 1.19 bits per heavy atom. The molecule has 0 bridgehead atoms. The number of carbonyl (C=O) groups excluding carboxylic acids is 1. The van der Waals surface area contributed by atoms with Gasteiger partial charge in [0.2, 0.25) is 10.0 Å². The third-order valence-corrected chi connectivity index (χ3v) is 7.45. The van der Waals surface area contributed by atoms with Crippen LogP contribution in [0, 0.1) is 0 Å². The summed E-state index contributed by atoms with van der Waals surface area (Å²) in [6, 6.07) is 17.6. The predicted octanol–water partition coefficient (Wildman–Crippen LogP) is 5.15. The van der Waals surface area contributed by atoms with Crippen LogP contribution in [0.5, 0.6) is 0 Å². The van der Waals surface area contributed by atoms with Crippen LogP contribution < -0.4 is 4.72 Å². The Morgan fingerprint density at radius 2 is 1.97 bits per heavy atom. The summed E-state index contributed by atoms with van der Waals surface area (Å²) < 4.78 is 26.1. The van der Waals surface area contributed by atoms with Crippen molar-refractivity contribution in [2.45, 2.75) is 19.4 Å². The van der Waals surface area contributed by atoms with Crippen LogP contribution in [0.2, 0.25) is 5.02 Å². The van der Waals surface area contributed by atoms with Crippen molar-refractivity contribution < 1.29 is 13.2 Å². The van der Waals surface area contributed by atoms with Crippen molar-refractivity contribution >= 4 is 50.3 Å². The maximum Gasteiger partial charge on any atom is 0.274 e. The molecule has 1 aromatic heterocycles. The Hall–Kier alpha value is -2.68. The average Bonchev–Trinajstić information content (AvgIpc) is 3.43. The zero-order chi connectivity index (χ0) is 22.0. The van der Waals surface area contributed by atoms with Crippen LogP contribution in [0.15, 0.2) is 71.1 Å². The topological polar surface area (TPSA) is 78.8 Å². The van der Waals surface area contributed by atoms with E-state index < -0.39 is 10.0 Å². The van der Waals surface area contributed by atoms with E-state index in [1.54, 1.807) is 54.7 Å². The van der Waals surface area contributed by atoms with Crippen molar-refractivity contribution in [1.82, 2.24) is 5.01 Å². The summed E-state index contributed by atoms with van der Waals surface area (Å²) >= 11 is 7.65. The van der Waals surface area contributed by atoms with Gasteiger partial charge in [0.1, 0.15) is 0 Å². The molecule has 9 heteroatoms. The van der Waals surface area contributed by atoms with Crippen LogP contribution in [-0.4, -0.2) is 30.8 Å². The van der Waals surface area contributed by atoms with Gasteiger partial charge in [-0.2, -0.15) is 5.10 Å². The van der Waals surface area contributed by atoms with Gasteiger partial charge in [-0.05, 0) is 54.3 Å². The first-order valence-corrected chi connectivity index (χ1v) is 12.6. The SMILES string of the molecule is CCS(=O)(=O)Nc1ccc(C2=NN(C(=O)c3cccc(Cl)c3)[C@@H](c3cccs3)C2)cc1. The summed E-state index contributed by atoms with van der Waals surface area (Å²) in [4.78, 5) is 14.3. The number of carbonyl (C=O) groups is 1. The van der Waals surface area contributed by atoms with Crippen molar-refractivity contribution in [1.29, 1.82) is 0 Å². The smallest absolute Gasteiger partial charge is 0.274 e. The first kappa shape index (κ1) is 21.5. The van der Waals surface area contributed by atoms with E-state index >= 15 is 0 Å². The normalized spacial score (nSPS) is 16.3. The minimum Gasteiger partial charge on any atom is -0.284 e. The summed E-state index contributed by atoms with van der Waals surface area (Å²) in [6.07, 6.45) is 0.562. The minimum atomic E-state index is -3.34. The molecular formula is C22H20ClN3O3S2. The summed E-state index contributed by atoms with van der Waals surface area (Å²) in [7, 11) is -3.34. The molecule has 1 aliphatic heterocycles. The summed E-state index contributed by atoms with van der Waals surface area (Å²) in [5, 5.41) is 8.63. The zero-order valence-electron chi connectivity index (χ0n) is 16.7. The third kappa shape index (κ3) is 4.81. The van der Waals surface area contributed by atoms with Crippen molar-refractivity contribution in [3.05, 3.63) is 87.1 Å². The number of benzene rings is 2. The van der Waals surface area contributed by atoms with E-state index in [0.29, 0.717) is 22.7 Å². The highest BCUT2D eigenvalue weighted by atomic mass is 35.5. The number of sulfonamides is 1. The Kier molecular flexibility index (Phi) is 6.13. The first-order valence-electron chi connectivity index (χ1n) is 9.67. The molecule has 0 saturated heterocycles. The number of rotatable bonds is 6. The van der Waals surface area contributed by atoms with Crippen molar-refractivity contribution in [3.8, 4) is 0 Å². The molecular weight excluding hydrogens is 454 g/mol. The van der Waals surface area contributed by atoms with E-state index in [1.807, 2.05) is 29.6 Å². The molecule has 2 aromatic carbocycles. The molecule has 1 atom stereocenters. The largest absolute Gasteiger partial charge is 0.284 e. The number of nitrogens with zero attached hydrogens (tertiary/aromatic N) is 2. The summed E-state index contributed by atoms with van der Waals surface area (Å²) in [5.74, 6) is -0.215. The van der Waals surface area contributed by atoms with E-state index in [-0.39, 0.29) is 17.7 Å². The van der Waals surface area contributed by atoms with Gasteiger partial charge in [-0.1, -0.05) is 35.9 Å². The van der Waals surface area contributed by atoms with Gasteiger partial charge in [-0.3, -0.25) is 9.52 Å². The van der Waals surface area contributed by atoms with Gasteiger partial charge in [-0.25, -0.2) is 13.4 Å². The molecule has 0 saturated carbocycles. The lowest BCUT2D eigenvalue weighted by molar-refractivity contribution is 0.0714. The maximum absolute atomic E-state index is 13.2. The molecule has 0 aliphatic carbocycles. The van der Waals surface area contributed by atoms with E-state index in [2.05, 4.69) is 9.82 Å². The number of nitrogens with one attached hydrogen (secondary N) is 1.